The smallest absolute Gasteiger partial charge is 0.340 e. The normalized spacial score (nSPS) is 25.6. The van der Waals surface area contributed by atoms with Gasteiger partial charge in [0.05, 0.1) is 5.56 Å². The average molecular weight is 484 g/mol. The minimum absolute atomic E-state index is 0.0207. The van der Waals surface area contributed by atoms with Crippen LogP contribution in [0.3, 0.4) is 0 Å². The lowest BCUT2D eigenvalue weighted by atomic mass is 9.99. The van der Waals surface area contributed by atoms with E-state index in [1.54, 1.807) is 18.2 Å². The van der Waals surface area contributed by atoms with E-state index in [0.717, 1.165) is 0 Å². The van der Waals surface area contributed by atoms with Gasteiger partial charge in [-0.05, 0) is 36.4 Å². The van der Waals surface area contributed by atoms with Gasteiger partial charge in [-0.25, -0.2) is 14.6 Å². The molecule has 1 saturated heterocycles. The number of aromatic nitrogens is 1. The molecule has 3 aromatic rings. The topological polar surface area (TPSA) is 160 Å². The lowest BCUT2D eigenvalue weighted by Gasteiger charge is -2.37. The number of hydrogen-bond donors (Lipinski definition) is 4. The first-order valence-corrected chi connectivity index (χ1v) is 9.90. The number of carbonyl (C=O) groups excluding carboxylic acids is 1. The number of aliphatic hydroxyl groups excluding tert-OH is 3. The molecule has 1 aliphatic rings. The maximum absolute atomic E-state index is 12.5. The molecule has 0 bridgehead atoms. The first-order valence-electron chi connectivity index (χ1n) is 9.14. The summed E-state index contributed by atoms with van der Waals surface area (Å²) in [6, 6.07) is 8.95. The number of carboxylic acid groups (broad SMARTS) is 1. The number of aliphatic carboxylic acids is 1. The number of carbonyl (C=O) groups is 2. The van der Waals surface area contributed by atoms with E-state index in [4.69, 9.17) is 42.2 Å². The Kier molecular flexibility index (Phi) is 6.08. The predicted octanol–water partition coefficient (Wildman–Crippen LogP) is 1.85. The van der Waals surface area contributed by atoms with E-state index in [0.29, 0.717) is 21.1 Å². The zero-order valence-electron chi connectivity index (χ0n) is 15.9. The maximum Gasteiger partial charge on any atom is 0.340 e. The van der Waals surface area contributed by atoms with Gasteiger partial charge in [0, 0.05) is 15.6 Å². The Morgan fingerprint density at radius 1 is 0.969 bits per heavy atom. The molecule has 0 radical (unpaired) electrons. The summed E-state index contributed by atoms with van der Waals surface area (Å²) < 4.78 is 15.6. The summed E-state index contributed by atoms with van der Waals surface area (Å²) in [6.07, 6.45) is -9.38. The highest BCUT2D eigenvalue weighted by Crippen LogP contribution is 2.30. The van der Waals surface area contributed by atoms with Crippen molar-refractivity contribution in [1.29, 1.82) is 0 Å². The first kappa shape index (κ1) is 22.5. The summed E-state index contributed by atoms with van der Waals surface area (Å²) in [5, 5.41) is 39.4. The minimum Gasteiger partial charge on any atom is -0.479 e. The molecule has 5 atom stereocenters. The molecule has 0 unspecified atom stereocenters. The van der Waals surface area contributed by atoms with Crippen molar-refractivity contribution in [2.24, 2.45) is 0 Å². The van der Waals surface area contributed by atoms with Gasteiger partial charge in [0.1, 0.15) is 23.8 Å². The van der Waals surface area contributed by atoms with Gasteiger partial charge in [0.2, 0.25) is 12.2 Å². The Labute approximate surface area is 189 Å². The summed E-state index contributed by atoms with van der Waals surface area (Å²) >= 11 is 12.0. The van der Waals surface area contributed by atoms with Crippen LogP contribution >= 0.6 is 23.2 Å². The minimum atomic E-state index is -1.90. The molecule has 4 rings (SSSR count). The van der Waals surface area contributed by atoms with Crippen molar-refractivity contribution in [1.82, 2.24) is 4.98 Å². The second-order valence-corrected chi connectivity index (χ2v) is 7.87. The van der Waals surface area contributed by atoms with E-state index in [1.807, 2.05) is 0 Å². The number of carboxylic acids is 1. The SMILES string of the molecule is O=C(O[C@@H]1O[C@H](C(=O)O)[C@@H](O)[C@H](O)[C@H]1O)c1ccc2nc(-c3cc(Cl)cc(Cl)c3)oc2c1. The monoisotopic (exact) mass is 483 g/mol. The number of hydrogen-bond acceptors (Lipinski definition) is 9. The largest absolute Gasteiger partial charge is 0.479 e. The number of nitrogens with zero attached hydrogens (tertiary/aromatic N) is 1. The van der Waals surface area contributed by atoms with Gasteiger partial charge in [0.25, 0.3) is 0 Å². The highest BCUT2D eigenvalue weighted by atomic mass is 35.5. The molecule has 0 spiro atoms. The molecule has 32 heavy (non-hydrogen) atoms. The predicted molar refractivity (Wildman–Crippen MR) is 109 cm³/mol. The zero-order valence-corrected chi connectivity index (χ0v) is 17.4. The van der Waals surface area contributed by atoms with Crippen molar-refractivity contribution < 1.29 is 43.9 Å². The molecule has 2 heterocycles. The number of esters is 1. The number of oxazole rings is 1. The number of rotatable bonds is 4. The van der Waals surface area contributed by atoms with Crippen LogP contribution in [0.1, 0.15) is 10.4 Å². The summed E-state index contributed by atoms with van der Waals surface area (Å²) in [5.41, 5.74) is 1.15. The quantitative estimate of drug-likeness (QED) is 0.403. The van der Waals surface area contributed by atoms with Crippen LogP contribution in [0, 0.1) is 0 Å². The molecule has 4 N–H and O–H groups in total. The van der Waals surface area contributed by atoms with E-state index in [1.165, 1.54) is 18.2 Å². The van der Waals surface area contributed by atoms with Crippen LogP contribution in [0.4, 0.5) is 0 Å². The van der Waals surface area contributed by atoms with Crippen LogP contribution < -0.4 is 0 Å². The first-order chi connectivity index (χ1) is 15.1. The third kappa shape index (κ3) is 4.29. The van der Waals surface area contributed by atoms with Crippen molar-refractivity contribution in [2.45, 2.75) is 30.7 Å². The van der Waals surface area contributed by atoms with Gasteiger partial charge < -0.3 is 34.3 Å². The Morgan fingerprint density at radius 2 is 1.66 bits per heavy atom. The number of halogens is 2. The van der Waals surface area contributed by atoms with E-state index < -0.39 is 42.6 Å². The summed E-state index contributed by atoms with van der Waals surface area (Å²) in [7, 11) is 0. The van der Waals surface area contributed by atoms with Gasteiger partial charge in [-0.1, -0.05) is 23.2 Å². The van der Waals surface area contributed by atoms with Gasteiger partial charge in [-0.2, -0.15) is 0 Å². The van der Waals surface area contributed by atoms with E-state index in [-0.39, 0.29) is 17.0 Å². The molecule has 12 heteroatoms. The maximum atomic E-state index is 12.5. The van der Waals surface area contributed by atoms with E-state index >= 15 is 0 Å². The van der Waals surface area contributed by atoms with Crippen molar-refractivity contribution in [2.75, 3.05) is 0 Å². The Hall–Kier alpha value is -2.73. The molecule has 1 fully saturated rings. The van der Waals surface area contributed by atoms with Crippen LogP contribution in [0.25, 0.3) is 22.6 Å². The third-order valence-corrected chi connectivity index (χ3v) is 5.21. The average Bonchev–Trinajstić information content (AvgIpc) is 3.16. The number of benzene rings is 2. The zero-order chi connectivity index (χ0) is 23.2. The molecule has 1 aromatic heterocycles. The molecular weight excluding hydrogens is 469 g/mol. The van der Waals surface area contributed by atoms with Gasteiger partial charge in [-0.3, -0.25) is 0 Å². The Morgan fingerprint density at radius 3 is 2.31 bits per heavy atom. The summed E-state index contributed by atoms with van der Waals surface area (Å²) in [6.45, 7) is 0. The third-order valence-electron chi connectivity index (χ3n) is 4.77. The van der Waals surface area contributed by atoms with Crippen molar-refractivity contribution in [3.63, 3.8) is 0 Å². The van der Waals surface area contributed by atoms with Crippen LogP contribution in [0.5, 0.6) is 0 Å². The van der Waals surface area contributed by atoms with Gasteiger partial charge in [-0.15, -0.1) is 0 Å². The second kappa shape index (κ2) is 8.66. The van der Waals surface area contributed by atoms with Crippen LogP contribution in [0.2, 0.25) is 10.0 Å². The Balaban J connectivity index is 1.57. The van der Waals surface area contributed by atoms with Crippen LogP contribution in [-0.4, -0.2) is 68.1 Å². The molecule has 168 valence electrons. The highest BCUT2D eigenvalue weighted by molar-refractivity contribution is 6.35. The fraction of sp³-hybridized carbons (Fsp3) is 0.250. The molecule has 0 saturated carbocycles. The van der Waals surface area contributed by atoms with Gasteiger partial charge >= 0.3 is 11.9 Å². The second-order valence-electron chi connectivity index (χ2n) is 7.00. The molecule has 0 aliphatic carbocycles. The van der Waals surface area contributed by atoms with E-state index in [9.17, 15) is 24.9 Å². The Bertz CT molecular complexity index is 1180. The summed E-state index contributed by atoms with van der Waals surface area (Å²) in [4.78, 5) is 28.0. The van der Waals surface area contributed by atoms with E-state index in [2.05, 4.69) is 4.98 Å². The molecule has 10 nitrogen and oxygen atoms in total. The molecule has 1 aliphatic heterocycles. The lowest BCUT2D eigenvalue weighted by molar-refractivity contribution is -0.278. The number of fused-ring (bicyclic) bond motifs is 1. The molecular formula is C20H15Cl2NO9. The summed E-state index contributed by atoms with van der Waals surface area (Å²) in [5.74, 6) is -2.38. The fourth-order valence-corrected chi connectivity index (χ4v) is 3.70. The fourth-order valence-electron chi connectivity index (χ4n) is 3.18. The van der Waals surface area contributed by atoms with Crippen molar-refractivity contribution in [3.05, 3.63) is 52.0 Å². The molecule has 0 amide bonds. The standard InChI is InChI=1S/C20H15Cl2NO9/c21-9-3-8(4-10(22)6-9)17-23-11-2-1-7(5-12(11)30-17)19(29)32-20-15(26)13(24)14(25)16(31-20)18(27)28/h1-6,13-16,20,24-26H,(H,27,28)/t13-,14-,15+,16-,20-/m0/s1. The van der Waals surface area contributed by atoms with Crippen molar-refractivity contribution in [3.8, 4) is 11.5 Å². The lowest BCUT2D eigenvalue weighted by Crippen LogP contribution is -2.60. The number of aliphatic hydroxyl groups is 3. The van der Waals surface area contributed by atoms with Gasteiger partial charge in [0.15, 0.2) is 11.7 Å². The van der Waals surface area contributed by atoms with Crippen LogP contribution in [0.15, 0.2) is 40.8 Å². The molecule has 2 aromatic carbocycles. The van der Waals surface area contributed by atoms with Crippen LogP contribution in [-0.2, 0) is 14.3 Å². The highest BCUT2D eigenvalue weighted by Gasteiger charge is 2.48. The number of ether oxygens (including phenoxy) is 2. The van der Waals surface area contributed by atoms with Crippen molar-refractivity contribution >= 4 is 46.2 Å².